The Morgan fingerprint density at radius 1 is 1.20 bits per heavy atom. The van der Waals surface area contributed by atoms with Crippen LogP contribution in [0.4, 0.5) is 4.39 Å². The van der Waals surface area contributed by atoms with Crippen LogP contribution in [0.2, 0.25) is 0 Å². The Labute approximate surface area is 120 Å². The predicted octanol–water partition coefficient (Wildman–Crippen LogP) is 0.974. The van der Waals surface area contributed by atoms with Crippen LogP contribution in [0.5, 0.6) is 0 Å². The van der Waals surface area contributed by atoms with E-state index in [0.717, 1.165) is 32.4 Å². The molecule has 2 saturated heterocycles. The molecule has 5 heteroatoms. The Bertz CT molecular complexity index is 370. The Balaban J connectivity index is 1.60. The Kier molecular flexibility index (Phi) is 4.00. The molecule has 1 amide bonds. The summed E-state index contributed by atoms with van der Waals surface area (Å²) in [6.45, 7) is 3.31. The third kappa shape index (κ3) is 2.58. The molecule has 0 radical (unpaired) electrons. The van der Waals surface area contributed by atoms with E-state index < -0.39 is 5.67 Å². The summed E-state index contributed by atoms with van der Waals surface area (Å²) in [5.74, 6) is 0.530. The predicted molar refractivity (Wildman–Crippen MR) is 76.2 cm³/mol. The first-order valence-electron chi connectivity index (χ1n) is 8.03. The van der Waals surface area contributed by atoms with Crippen molar-refractivity contribution in [3.8, 4) is 0 Å². The second-order valence-electron chi connectivity index (χ2n) is 6.81. The highest BCUT2D eigenvalue weighted by Gasteiger charge is 2.50. The number of carbonyl (C=O) groups excluding carboxylic acids is 1. The number of piperidine rings is 1. The van der Waals surface area contributed by atoms with Gasteiger partial charge >= 0.3 is 0 Å². The van der Waals surface area contributed by atoms with Gasteiger partial charge in [-0.3, -0.25) is 4.79 Å². The molecule has 1 saturated carbocycles. The topological polar surface area (TPSA) is 53.2 Å². The van der Waals surface area contributed by atoms with E-state index in [0.29, 0.717) is 31.8 Å². The largest absolute Gasteiger partial charge is 0.352 e. The summed E-state index contributed by atoms with van der Waals surface area (Å²) in [7, 11) is 0. The molecular weight excluding hydrogens is 257 g/mol. The Hall–Kier alpha value is -0.680. The smallest absolute Gasteiger partial charge is 0.227 e. The van der Waals surface area contributed by atoms with Crippen molar-refractivity contribution in [2.75, 3.05) is 32.7 Å². The molecule has 2 atom stereocenters. The molecule has 0 aromatic rings. The van der Waals surface area contributed by atoms with E-state index in [9.17, 15) is 9.18 Å². The van der Waals surface area contributed by atoms with Crippen LogP contribution in [-0.2, 0) is 4.79 Å². The van der Waals surface area contributed by atoms with E-state index in [1.807, 2.05) is 0 Å². The van der Waals surface area contributed by atoms with Gasteiger partial charge in [-0.05, 0) is 51.2 Å². The fourth-order valence-electron chi connectivity index (χ4n) is 4.16. The molecule has 0 aromatic carbocycles. The van der Waals surface area contributed by atoms with Gasteiger partial charge in [0.2, 0.25) is 5.91 Å². The van der Waals surface area contributed by atoms with Crippen LogP contribution < -0.4 is 16.0 Å². The zero-order valence-corrected chi connectivity index (χ0v) is 12.1. The zero-order chi connectivity index (χ0) is 14.1. The molecular formula is C15H26FN3O. The Morgan fingerprint density at radius 3 is 2.80 bits per heavy atom. The van der Waals surface area contributed by atoms with E-state index in [2.05, 4.69) is 16.0 Å². The number of hydrogen-bond acceptors (Lipinski definition) is 3. The van der Waals surface area contributed by atoms with Crippen LogP contribution in [0.25, 0.3) is 0 Å². The number of nitrogens with one attached hydrogen (secondary N) is 3. The maximum Gasteiger partial charge on any atom is 0.227 e. The van der Waals surface area contributed by atoms with Gasteiger partial charge in [0.05, 0.1) is 12.0 Å². The molecule has 0 bridgehead atoms. The summed E-state index contributed by atoms with van der Waals surface area (Å²) >= 11 is 0. The highest BCUT2D eigenvalue weighted by molar-refractivity contribution is 5.84. The van der Waals surface area contributed by atoms with Crippen LogP contribution >= 0.6 is 0 Å². The molecule has 3 fully saturated rings. The van der Waals surface area contributed by atoms with Crippen LogP contribution in [0, 0.1) is 11.3 Å². The molecule has 3 rings (SSSR count). The average molecular weight is 283 g/mol. The molecule has 20 heavy (non-hydrogen) atoms. The molecule has 4 nitrogen and oxygen atoms in total. The van der Waals surface area contributed by atoms with E-state index in [4.69, 9.17) is 0 Å². The van der Waals surface area contributed by atoms with E-state index in [1.165, 1.54) is 6.42 Å². The zero-order valence-electron chi connectivity index (χ0n) is 12.1. The van der Waals surface area contributed by atoms with E-state index in [-0.39, 0.29) is 17.9 Å². The van der Waals surface area contributed by atoms with Gasteiger partial charge in [-0.1, -0.05) is 12.8 Å². The second kappa shape index (κ2) is 5.60. The van der Waals surface area contributed by atoms with Gasteiger partial charge < -0.3 is 16.0 Å². The minimum Gasteiger partial charge on any atom is -0.352 e. The first kappa shape index (κ1) is 14.3. The second-order valence-corrected chi connectivity index (χ2v) is 6.81. The standard InChI is InChI=1S/C15H26FN3O/c16-14(5-7-17-8-6-14)10-19-13(20)15-4-2-1-3-12(15)9-18-11-15/h12,17-18H,1-11H2,(H,19,20)/t12-,15-/m1/s1. The quantitative estimate of drug-likeness (QED) is 0.723. The summed E-state index contributed by atoms with van der Waals surface area (Å²) < 4.78 is 14.6. The number of rotatable bonds is 3. The van der Waals surface area contributed by atoms with Crippen LogP contribution in [0.1, 0.15) is 38.5 Å². The van der Waals surface area contributed by atoms with Crippen molar-refractivity contribution in [2.45, 2.75) is 44.2 Å². The fraction of sp³-hybridized carbons (Fsp3) is 0.933. The van der Waals surface area contributed by atoms with Crippen molar-refractivity contribution >= 4 is 5.91 Å². The summed E-state index contributed by atoms with van der Waals surface area (Å²) in [4.78, 5) is 12.7. The van der Waals surface area contributed by atoms with Gasteiger partial charge in [-0.15, -0.1) is 0 Å². The molecule has 0 spiro atoms. The number of carbonyl (C=O) groups is 1. The lowest BCUT2D eigenvalue weighted by atomic mass is 9.67. The Morgan fingerprint density at radius 2 is 2.00 bits per heavy atom. The van der Waals surface area contributed by atoms with Crippen molar-refractivity contribution in [1.82, 2.24) is 16.0 Å². The fourth-order valence-corrected chi connectivity index (χ4v) is 4.16. The van der Waals surface area contributed by atoms with Gasteiger partial charge in [0.25, 0.3) is 0 Å². The van der Waals surface area contributed by atoms with Crippen molar-refractivity contribution in [2.24, 2.45) is 11.3 Å². The van der Waals surface area contributed by atoms with Crippen LogP contribution in [-0.4, -0.2) is 44.3 Å². The molecule has 2 aliphatic heterocycles. The van der Waals surface area contributed by atoms with Crippen molar-refractivity contribution < 1.29 is 9.18 Å². The van der Waals surface area contributed by atoms with Crippen molar-refractivity contribution in [3.63, 3.8) is 0 Å². The lowest BCUT2D eigenvalue weighted by Crippen LogP contribution is -2.53. The molecule has 1 aliphatic carbocycles. The third-order valence-electron chi connectivity index (χ3n) is 5.56. The van der Waals surface area contributed by atoms with Crippen LogP contribution in [0.15, 0.2) is 0 Å². The molecule has 114 valence electrons. The first-order chi connectivity index (χ1) is 9.65. The maximum absolute atomic E-state index is 14.6. The first-order valence-corrected chi connectivity index (χ1v) is 8.03. The molecule has 0 aromatic heterocycles. The molecule has 3 aliphatic rings. The monoisotopic (exact) mass is 283 g/mol. The summed E-state index contributed by atoms with van der Waals surface area (Å²) in [5.41, 5.74) is -1.48. The lowest BCUT2D eigenvalue weighted by molar-refractivity contribution is -0.134. The molecule has 2 heterocycles. The molecule has 3 N–H and O–H groups in total. The maximum atomic E-state index is 14.6. The SMILES string of the molecule is O=C(NCC1(F)CCNCC1)[C@@]12CCCC[C@@H]1CNC2. The minimum absolute atomic E-state index is 0.0859. The number of amides is 1. The van der Waals surface area contributed by atoms with Crippen LogP contribution in [0.3, 0.4) is 0 Å². The van der Waals surface area contributed by atoms with Gasteiger partial charge in [-0.2, -0.15) is 0 Å². The van der Waals surface area contributed by atoms with Gasteiger partial charge in [0.1, 0.15) is 5.67 Å². The van der Waals surface area contributed by atoms with Gasteiger partial charge in [-0.25, -0.2) is 4.39 Å². The lowest BCUT2D eigenvalue weighted by Gasteiger charge is -2.38. The normalized spacial score (nSPS) is 36.4. The van der Waals surface area contributed by atoms with Crippen molar-refractivity contribution in [3.05, 3.63) is 0 Å². The number of fused-ring (bicyclic) bond motifs is 1. The summed E-state index contributed by atoms with van der Waals surface area (Å²) in [6.07, 6.45) is 5.43. The highest BCUT2D eigenvalue weighted by Crippen LogP contribution is 2.44. The highest BCUT2D eigenvalue weighted by atomic mass is 19.1. The number of alkyl halides is 1. The van der Waals surface area contributed by atoms with E-state index in [1.54, 1.807) is 0 Å². The van der Waals surface area contributed by atoms with Gasteiger partial charge in [0, 0.05) is 6.54 Å². The minimum atomic E-state index is -1.21. The van der Waals surface area contributed by atoms with Crippen molar-refractivity contribution in [1.29, 1.82) is 0 Å². The number of hydrogen-bond donors (Lipinski definition) is 3. The average Bonchev–Trinajstić information content (AvgIpc) is 2.91. The summed E-state index contributed by atoms with van der Waals surface area (Å²) in [6, 6.07) is 0. The van der Waals surface area contributed by atoms with E-state index >= 15 is 0 Å². The third-order valence-corrected chi connectivity index (χ3v) is 5.56. The number of halogens is 1. The van der Waals surface area contributed by atoms with Gasteiger partial charge in [0.15, 0.2) is 0 Å². The molecule has 0 unspecified atom stereocenters. The summed E-state index contributed by atoms with van der Waals surface area (Å²) in [5, 5.41) is 9.48.